The van der Waals surface area contributed by atoms with Gasteiger partial charge in [0.05, 0.1) is 4.90 Å². The second-order valence-corrected chi connectivity index (χ2v) is 9.18. The average Bonchev–Trinajstić information content (AvgIpc) is 3.09. The molecule has 2 aromatic carbocycles. The molecule has 1 fully saturated rings. The highest BCUT2D eigenvalue weighted by atomic mass is 32.2. The fraction of sp³-hybridized carbons (Fsp3) is 0.273. The maximum Gasteiger partial charge on any atom is 0.284 e. The van der Waals surface area contributed by atoms with Crippen LogP contribution in [-0.4, -0.2) is 43.6 Å². The van der Waals surface area contributed by atoms with Crippen molar-refractivity contribution >= 4 is 38.4 Å². The first-order valence-electron chi connectivity index (χ1n) is 10.1. The van der Waals surface area contributed by atoms with Gasteiger partial charge in [0.25, 0.3) is 15.9 Å². The summed E-state index contributed by atoms with van der Waals surface area (Å²) in [7, 11) is -2.07. The zero-order valence-electron chi connectivity index (χ0n) is 17.1. The summed E-state index contributed by atoms with van der Waals surface area (Å²) >= 11 is 0. The van der Waals surface area contributed by atoms with E-state index in [2.05, 4.69) is 14.7 Å². The molecule has 2 N–H and O–H groups in total. The van der Waals surface area contributed by atoms with Gasteiger partial charge < -0.3 is 15.2 Å². The van der Waals surface area contributed by atoms with Crippen LogP contribution in [0.2, 0.25) is 0 Å². The number of sulfonamides is 1. The molecule has 9 heteroatoms. The molecule has 0 bridgehead atoms. The highest BCUT2D eigenvalue weighted by molar-refractivity contribution is 7.90. The highest BCUT2D eigenvalue weighted by Crippen LogP contribution is 2.22. The Balaban J connectivity index is 1.57. The van der Waals surface area contributed by atoms with Gasteiger partial charge in [0.15, 0.2) is 0 Å². The van der Waals surface area contributed by atoms with Gasteiger partial charge in [-0.05, 0) is 49.2 Å². The van der Waals surface area contributed by atoms with Crippen molar-refractivity contribution in [2.45, 2.75) is 30.6 Å². The van der Waals surface area contributed by atoms with Crippen LogP contribution < -0.4 is 5.32 Å². The van der Waals surface area contributed by atoms with Crippen molar-refractivity contribution in [2.24, 2.45) is 4.40 Å². The predicted octanol–water partition coefficient (Wildman–Crippen LogP) is 4.15. The van der Waals surface area contributed by atoms with Crippen molar-refractivity contribution in [1.82, 2.24) is 9.88 Å². The zero-order chi connectivity index (χ0) is 22.0. The number of H-pyrrole nitrogens is 1. The van der Waals surface area contributed by atoms with Crippen molar-refractivity contribution in [3.8, 4) is 0 Å². The van der Waals surface area contributed by atoms with E-state index in [9.17, 15) is 17.6 Å². The molecule has 0 saturated carbocycles. The molecule has 0 atom stereocenters. The number of aromatic nitrogens is 1. The Bertz CT molecular complexity index is 1270. The first kappa shape index (κ1) is 21.0. The topological polar surface area (TPSA) is 94.6 Å². The van der Waals surface area contributed by atoms with Crippen LogP contribution in [0, 0.1) is 5.82 Å². The SMILES string of the molecule is CN1CCCCC/C1=N/S(=O)(=O)c1cccc(NC(=O)c2cc3c(F)cccc3[nH]2)c1. The summed E-state index contributed by atoms with van der Waals surface area (Å²) in [5, 5.41) is 2.97. The quantitative estimate of drug-likeness (QED) is 0.635. The minimum Gasteiger partial charge on any atom is -0.362 e. The van der Waals surface area contributed by atoms with Gasteiger partial charge in [-0.3, -0.25) is 4.79 Å². The van der Waals surface area contributed by atoms with E-state index in [0.717, 1.165) is 25.8 Å². The van der Waals surface area contributed by atoms with Gasteiger partial charge in [-0.25, -0.2) is 4.39 Å². The molecular weight excluding hydrogens is 419 g/mol. The molecule has 1 saturated heterocycles. The Labute approximate surface area is 180 Å². The van der Waals surface area contributed by atoms with Crippen molar-refractivity contribution in [3.63, 3.8) is 0 Å². The van der Waals surface area contributed by atoms with E-state index in [1.165, 1.54) is 24.3 Å². The van der Waals surface area contributed by atoms with Crippen molar-refractivity contribution in [2.75, 3.05) is 18.9 Å². The van der Waals surface area contributed by atoms with Crippen LogP contribution in [0.5, 0.6) is 0 Å². The van der Waals surface area contributed by atoms with Crippen molar-refractivity contribution in [3.05, 3.63) is 60.0 Å². The minimum atomic E-state index is -3.92. The number of fused-ring (bicyclic) bond motifs is 1. The van der Waals surface area contributed by atoms with E-state index in [0.29, 0.717) is 28.8 Å². The number of benzene rings is 2. The number of aromatic amines is 1. The summed E-state index contributed by atoms with van der Waals surface area (Å²) in [6.45, 7) is 0.773. The summed E-state index contributed by atoms with van der Waals surface area (Å²) in [6.07, 6.45) is 3.57. The maximum absolute atomic E-state index is 13.9. The number of carbonyl (C=O) groups excluding carboxylic acids is 1. The Morgan fingerprint density at radius 2 is 1.94 bits per heavy atom. The van der Waals surface area contributed by atoms with E-state index in [-0.39, 0.29) is 10.6 Å². The van der Waals surface area contributed by atoms with Gasteiger partial charge in [0.1, 0.15) is 17.3 Å². The molecular formula is C22H23FN4O3S. The molecule has 1 amide bonds. The van der Waals surface area contributed by atoms with Crippen LogP contribution in [-0.2, 0) is 10.0 Å². The maximum atomic E-state index is 13.9. The number of halogens is 1. The molecule has 0 unspecified atom stereocenters. The molecule has 0 spiro atoms. The monoisotopic (exact) mass is 442 g/mol. The van der Waals surface area contributed by atoms with E-state index in [4.69, 9.17) is 0 Å². The van der Waals surface area contributed by atoms with Crippen LogP contribution in [0.4, 0.5) is 10.1 Å². The highest BCUT2D eigenvalue weighted by Gasteiger charge is 2.19. The molecule has 2 heterocycles. The Morgan fingerprint density at radius 3 is 2.74 bits per heavy atom. The van der Waals surface area contributed by atoms with Gasteiger partial charge in [-0.1, -0.05) is 18.6 Å². The third-order valence-electron chi connectivity index (χ3n) is 5.31. The summed E-state index contributed by atoms with van der Waals surface area (Å²) in [5.74, 6) is -0.379. The second-order valence-electron chi connectivity index (χ2n) is 7.58. The fourth-order valence-corrected chi connectivity index (χ4v) is 4.75. The molecule has 162 valence electrons. The van der Waals surface area contributed by atoms with Crippen LogP contribution in [0.15, 0.2) is 57.8 Å². The van der Waals surface area contributed by atoms with E-state index in [1.54, 1.807) is 24.3 Å². The standard InChI is InChI=1S/C22H23FN4O3S/c1-27-12-4-2-3-11-21(27)26-31(29,30)16-8-5-7-15(13-16)24-22(28)20-14-17-18(23)9-6-10-19(17)25-20/h5-10,13-14,25H,2-4,11-12H2,1H3,(H,24,28)/b26-21-. The number of hydrogen-bond acceptors (Lipinski definition) is 3. The molecule has 1 aromatic heterocycles. The van der Waals surface area contributed by atoms with Crippen LogP contribution >= 0.6 is 0 Å². The van der Waals surface area contributed by atoms with E-state index in [1.807, 2.05) is 11.9 Å². The molecule has 1 aliphatic heterocycles. The second kappa shape index (κ2) is 8.50. The molecule has 4 rings (SSSR count). The largest absolute Gasteiger partial charge is 0.362 e. The number of carbonyl (C=O) groups is 1. The number of likely N-dealkylation sites (tertiary alicyclic amines) is 1. The van der Waals surface area contributed by atoms with E-state index >= 15 is 0 Å². The van der Waals surface area contributed by atoms with Gasteiger partial charge in [-0.2, -0.15) is 8.42 Å². The summed E-state index contributed by atoms with van der Waals surface area (Å²) in [6, 6.07) is 11.9. The Hall–Kier alpha value is -3.20. The van der Waals surface area contributed by atoms with Crippen molar-refractivity contribution in [1.29, 1.82) is 0 Å². The number of nitrogens with one attached hydrogen (secondary N) is 2. The summed E-state index contributed by atoms with van der Waals surface area (Å²) in [5.41, 5.74) is 0.984. The van der Waals surface area contributed by atoms with Gasteiger partial charge in [-0.15, -0.1) is 4.40 Å². The first-order valence-corrected chi connectivity index (χ1v) is 11.5. The summed E-state index contributed by atoms with van der Waals surface area (Å²) < 4.78 is 43.6. The zero-order valence-corrected chi connectivity index (χ0v) is 17.9. The lowest BCUT2D eigenvalue weighted by molar-refractivity contribution is 0.102. The Morgan fingerprint density at radius 1 is 1.13 bits per heavy atom. The number of rotatable bonds is 4. The number of hydrogen-bond donors (Lipinski definition) is 2. The summed E-state index contributed by atoms with van der Waals surface area (Å²) in [4.78, 5) is 17.4. The first-order chi connectivity index (χ1) is 14.8. The lowest BCUT2D eigenvalue weighted by Crippen LogP contribution is -2.26. The minimum absolute atomic E-state index is 0.00172. The lowest BCUT2D eigenvalue weighted by atomic mass is 10.2. The molecule has 3 aromatic rings. The smallest absolute Gasteiger partial charge is 0.284 e. The van der Waals surface area contributed by atoms with Crippen LogP contribution in [0.25, 0.3) is 10.9 Å². The fourth-order valence-electron chi connectivity index (χ4n) is 3.61. The number of amidine groups is 1. The van der Waals surface area contributed by atoms with Gasteiger partial charge >= 0.3 is 0 Å². The van der Waals surface area contributed by atoms with Gasteiger partial charge in [0.2, 0.25) is 0 Å². The lowest BCUT2D eigenvalue weighted by Gasteiger charge is -2.17. The van der Waals surface area contributed by atoms with Gasteiger partial charge in [0, 0.05) is 36.6 Å². The molecule has 0 aliphatic carbocycles. The molecule has 0 radical (unpaired) electrons. The number of amides is 1. The number of nitrogens with zero attached hydrogens (tertiary/aromatic N) is 2. The molecule has 7 nitrogen and oxygen atoms in total. The van der Waals surface area contributed by atoms with Crippen molar-refractivity contribution < 1.29 is 17.6 Å². The van der Waals surface area contributed by atoms with Crippen LogP contribution in [0.3, 0.4) is 0 Å². The average molecular weight is 443 g/mol. The third kappa shape index (κ3) is 4.61. The van der Waals surface area contributed by atoms with Crippen LogP contribution in [0.1, 0.15) is 36.2 Å². The number of anilines is 1. The predicted molar refractivity (Wildman–Crippen MR) is 118 cm³/mol. The van der Waals surface area contributed by atoms with E-state index < -0.39 is 21.7 Å². The molecule has 31 heavy (non-hydrogen) atoms. The molecule has 1 aliphatic rings. The third-order valence-corrected chi connectivity index (χ3v) is 6.61. The Kier molecular flexibility index (Phi) is 5.77. The normalized spacial score (nSPS) is 16.5.